The van der Waals surface area contributed by atoms with Crippen LogP contribution in [-0.2, 0) is 0 Å². The standard InChI is InChI=1S/C15H16N2OS2/c1-19-12-8-4-3-6-10(12)18-11-7-5-9-13(20-2)14(11)15(16)17/h3-9H,1-2H3,(H3,16,17). The highest BCUT2D eigenvalue weighted by Crippen LogP contribution is 2.35. The van der Waals surface area contributed by atoms with Crippen molar-refractivity contribution >= 4 is 29.4 Å². The van der Waals surface area contributed by atoms with Crippen molar-refractivity contribution in [3.05, 3.63) is 48.0 Å². The molecule has 3 nitrogen and oxygen atoms in total. The van der Waals surface area contributed by atoms with E-state index in [-0.39, 0.29) is 5.84 Å². The highest BCUT2D eigenvalue weighted by Gasteiger charge is 2.13. The van der Waals surface area contributed by atoms with Crippen LogP contribution in [0.4, 0.5) is 0 Å². The zero-order valence-electron chi connectivity index (χ0n) is 11.3. The number of nitrogens with one attached hydrogen (secondary N) is 1. The van der Waals surface area contributed by atoms with Crippen LogP contribution in [0.25, 0.3) is 0 Å². The third-order valence-corrected chi connectivity index (χ3v) is 4.32. The monoisotopic (exact) mass is 304 g/mol. The van der Waals surface area contributed by atoms with Gasteiger partial charge >= 0.3 is 0 Å². The van der Waals surface area contributed by atoms with Crippen LogP contribution in [0.15, 0.2) is 52.3 Å². The number of nitrogen functional groups attached to an aromatic ring is 1. The summed E-state index contributed by atoms with van der Waals surface area (Å²) in [5.74, 6) is 1.41. The molecule has 0 radical (unpaired) electrons. The third-order valence-electron chi connectivity index (χ3n) is 2.77. The Labute approximate surface area is 127 Å². The molecule has 2 aromatic carbocycles. The Hall–Kier alpha value is -1.59. The van der Waals surface area contributed by atoms with E-state index in [9.17, 15) is 0 Å². The SMILES string of the molecule is CSc1ccccc1Oc1cccc(SC)c1C(=N)N. The van der Waals surface area contributed by atoms with Gasteiger partial charge in [-0.3, -0.25) is 5.41 Å². The summed E-state index contributed by atoms with van der Waals surface area (Å²) in [6.45, 7) is 0. The van der Waals surface area contributed by atoms with Crippen LogP contribution in [0.1, 0.15) is 5.56 Å². The Morgan fingerprint density at radius 3 is 2.20 bits per heavy atom. The molecule has 0 saturated heterocycles. The molecule has 0 spiro atoms. The highest BCUT2D eigenvalue weighted by molar-refractivity contribution is 7.99. The molecule has 0 aliphatic carbocycles. The lowest BCUT2D eigenvalue weighted by atomic mass is 10.2. The summed E-state index contributed by atoms with van der Waals surface area (Å²) < 4.78 is 5.98. The van der Waals surface area contributed by atoms with E-state index in [4.69, 9.17) is 15.9 Å². The second-order valence-corrected chi connectivity index (χ2v) is 5.70. The predicted molar refractivity (Wildman–Crippen MR) is 87.5 cm³/mol. The van der Waals surface area contributed by atoms with Gasteiger partial charge in [0.15, 0.2) is 0 Å². The average Bonchev–Trinajstić information content (AvgIpc) is 2.47. The highest BCUT2D eigenvalue weighted by atomic mass is 32.2. The second kappa shape index (κ2) is 6.72. The molecule has 0 heterocycles. The van der Waals surface area contributed by atoms with Crippen molar-refractivity contribution in [2.45, 2.75) is 9.79 Å². The van der Waals surface area contributed by atoms with Gasteiger partial charge in [-0.15, -0.1) is 23.5 Å². The smallest absolute Gasteiger partial charge is 0.141 e. The normalized spacial score (nSPS) is 10.3. The zero-order chi connectivity index (χ0) is 14.5. The van der Waals surface area contributed by atoms with Crippen molar-refractivity contribution in [2.24, 2.45) is 5.73 Å². The van der Waals surface area contributed by atoms with Crippen LogP contribution in [0, 0.1) is 5.41 Å². The molecule has 3 N–H and O–H groups in total. The van der Waals surface area contributed by atoms with Gasteiger partial charge < -0.3 is 10.5 Å². The maximum Gasteiger partial charge on any atom is 0.141 e. The van der Waals surface area contributed by atoms with Crippen molar-refractivity contribution < 1.29 is 4.74 Å². The minimum absolute atomic E-state index is 0.0200. The van der Waals surface area contributed by atoms with Gasteiger partial charge in [-0.25, -0.2) is 0 Å². The van der Waals surface area contributed by atoms with Crippen molar-refractivity contribution in [2.75, 3.05) is 12.5 Å². The number of hydrogen-bond acceptors (Lipinski definition) is 4. The van der Waals surface area contributed by atoms with E-state index in [1.807, 2.05) is 55.0 Å². The summed E-state index contributed by atoms with van der Waals surface area (Å²) in [6, 6.07) is 13.5. The molecule has 0 amide bonds. The van der Waals surface area contributed by atoms with E-state index in [1.54, 1.807) is 23.5 Å². The Bertz CT molecular complexity index is 629. The lowest BCUT2D eigenvalue weighted by molar-refractivity contribution is 0.468. The Morgan fingerprint density at radius 2 is 1.55 bits per heavy atom. The molecule has 20 heavy (non-hydrogen) atoms. The van der Waals surface area contributed by atoms with E-state index in [1.165, 1.54) is 0 Å². The van der Waals surface area contributed by atoms with Crippen molar-refractivity contribution in [1.82, 2.24) is 0 Å². The third kappa shape index (κ3) is 3.11. The fraction of sp³-hybridized carbons (Fsp3) is 0.133. The summed E-state index contributed by atoms with van der Waals surface area (Å²) >= 11 is 3.18. The quantitative estimate of drug-likeness (QED) is 0.493. The number of hydrogen-bond donors (Lipinski definition) is 2. The van der Waals surface area contributed by atoms with E-state index >= 15 is 0 Å². The molecule has 104 valence electrons. The van der Waals surface area contributed by atoms with Crippen molar-refractivity contribution in [3.8, 4) is 11.5 Å². The maximum atomic E-state index is 7.76. The number of benzene rings is 2. The molecule has 0 aliphatic heterocycles. The van der Waals surface area contributed by atoms with Crippen LogP contribution < -0.4 is 10.5 Å². The molecule has 5 heteroatoms. The van der Waals surface area contributed by atoms with Gasteiger partial charge in [-0.1, -0.05) is 18.2 Å². The molecule has 0 atom stereocenters. The van der Waals surface area contributed by atoms with Crippen molar-refractivity contribution in [3.63, 3.8) is 0 Å². The number of amidine groups is 1. The van der Waals surface area contributed by atoms with E-state index in [0.717, 1.165) is 15.5 Å². The fourth-order valence-corrected chi connectivity index (χ4v) is 3.01. The second-order valence-electron chi connectivity index (χ2n) is 4.00. The summed E-state index contributed by atoms with van der Waals surface area (Å²) in [5, 5.41) is 7.76. The van der Waals surface area contributed by atoms with Crippen LogP contribution in [0.5, 0.6) is 11.5 Å². The maximum absolute atomic E-state index is 7.76. The summed E-state index contributed by atoms with van der Waals surface area (Å²) in [5.41, 5.74) is 6.35. The molecule has 0 aromatic heterocycles. The molecule has 0 bridgehead atoms. The molecule has 0 saturated carbocycles. The van der Waals surface area contributed by atoms with Gasteiger partial charge in [-0.2, -0.15) is 0 Å². The van der Waals surface area contributed by atoms with Gasteiger partial charge in [0.05, 0.1) is 5.56 Å². The zero-order valence-corrected chi connectivity index (χ0v) is 13.0. The minimum atomic E-state index is 0.0200. The van der Waals surface area contributed by atoms with E-state index < -0.39 is 0 Å². The van der Waals surface area contributed by atoms with Gasteiger partial charge in [-0.05, 0) is 36.8 Å². The summed E-state index contributed by atoms with van der Waals surface area (Å²) in [4.78, 5) is 1.99. The molecular formula is C15H16N2OS2. The van der Waals surface area contributed by atoms with E-state index in [2.05, 4.69) is 0 Å². The minimum Gasteiger partial charge on any atom is -0.455 e. The lowest BCUT2D eigenvalue weighted by Crippen LogP contribution is -2.13. The molecule has 2 aromatic rings. The van der Waals surface area contributed by atoms with Gasteiger partial charge in [0.2, 0.25) is 0 Å². The average molecular weight is 304 g/mol. The first-order valence-electron chi connectivity index (χ1n) is 5.99. The molecule has 2 rings (SSSR count). The number of thioether (sulfide) groups is 2. The number of rotatable bonds is 5. The fourth-order valence-electron chi connectivity index (χ4n) is 1.85. The molecule has 0 fully saturated rings. The lowest BCUT2D eigenvalue weighted by Gasteiger charge is -2.14. The van der Waals surface area contributed by atoms with Crippen LogP contribution in [-0.4, -0.2) is 18.3 Å². The first-order valence-corrected chi connectivity index (χ1v) is 8.44. The largest absolute Gasteiger partial charge is 0.455 e. The Kier molecular flexibility index (Phi) is 4.98. The predicted octanol–water partition coefficient (Wildman–Crippen LogP) is 4.21. The number of nitrogens with two attached hydrogens (primary N) is 1. The van der Waals surface area contributed by atoms with Crippen LogP contribution in [0.2, 0.25) is 0 Å². The molecular weight excluding hydrogens is 288 g/mol. The summed E-state index contributed by atoms with van der Waals surface area (Å²) in [7, 11) is 0. The number of para-hydroxylation sites is 1. The van der Waals surface area contributed by atoms with Gasteiger partial charge in [0, 0.05) is 9.79 Å². The first kappa shape index (κ1) is 14.8. The number of ether oxygens (including phenoxy) is 1. The van der Waals surface area contributed by atoms with Gasteiger partial charge in [0.25, 0.3) is 0 Å². The van der Waals surface area contributed by atoms with Gasteiger partial charge in [0.1, 0.15) is 17.3 Å². The Morgan fingerprint density at radius 1 is 0.950 bits per heavy atom. The topological polar surface area (TPSA) is 59.1 Å². The molecule has 0 unspecified atom stereocenters. The molecule has 0 aliphatic rings. The Balaban J connectivity index is 2.46. The van der Waals surface area contributed by atoms with Crippen molar-refractivity contribution in [1.29, 1.82) is 5.41 Å². The van der Waals surface area contributed by atoms with Crippen LogP contribution in [0.3, 0.4) is 0 Å². The van der Waals surface area contributed by atoms with Crippen LogP contribution >= 0.6 is 23.5 Å². The first-order chi connectivity index (χ1) is 9.67. The summed E-state index contributed by atoms with van der Waals surface area (Å²) in [6.07, 6.45) is 3.97. The van der Waals surface area contributed by atoms with E-state index in [0.29, 0.717) is 11.3 Å².